The average Bonchev–Trinajstić information content (AvgIpc) is 3.03. The molecule has 1 heterocycles. The molecule has 1 aliphatic heterocycles. The van der Waals surface area contributed by atoms with E-state index in [0.717, 1.165) is 70.8 Å². The fourth-order valence-electron chi connectivity index (χ4n) is 8.44. The number of carbonyl (C=O) groups excluding carboxylic acids is 2. The summed E-state index contributed by atoms with van der Waals surface area (Å²) >= 11 is 0. The molecule has 4 fully saturated rings. The predicted molar refractivity (Wildman–Crippen MR) is 115 cm³/mol. The van der Waals surface area contributed by atoms with Gasteiger partial charge in [-0.1, -0.05) is 19.4 Å². The smallest absolute Gasteiger partial charge is 0.162 e. The van der Waals surface area contributed by atoms with Crippen molar-refractivity contribution < 1.29 is 19.1 Å². The molecule has 0 radical (unpaired) electrons. The molecule has 4 aliphatic carbocycles. The van der Waals surface area contributed by atoms with Crippen molar-refractivity contribution >= 4 is 11.6 Å². The minimum atomic E-state index is -0.690. The van der Waals surface area contributed by atoms with Crippen LogP contribution in [0.4, 0.5) is 0 Å². The van der Waals surface area contributed by atoms with Gasteiger partial charge in [-0.2, -0.15) is 0 Å². The number of carbonyl (C=O) groups is 2. The lowest BCUT2D eigenvalue weighted by Crippen LogP contribution is -2.59. The van der Waals surface area contributed by atoms with Crippen LogP contribution in [0.5, 0.6) is 0 Å². The van der Waals surface area contributed by atoms with Crippen LogP contribution in [-0.4, -0.2) is 30.1 Å². The number of hydrogen-bond donors (Lipinski definition) is 0. The predicted octanol–water partition coefficient (Wildman–Crippen LogP) is 5.39. The van der Waals surface area contributed by atoms with Crippen molar-refractivity contribution in [2.24, 2.45) is 28.6 Å². The van der Waals surface area contributed by atoms with Gasteiger partial charge in [-0.05, 0) is 100 Å². The van der Waals surface area contributed by atoms with Crippen LogP contribution in [0.3, 0.4) is 0 Å². The van der Waals surface area contributed by atoms with Crippen LogP contribution in [0.2, 0.25) is 0 Å². The van der Waals surface area contributed by atoms with Gasteiger partial charge in [-0.15, -0.1) is 0 Å². The molecule has 3 saturated carbocycles. The SMILES string of the molecule is CC(=O)[C@@]1(OC2CCCCO2)CC[C@H]2[C@@H]3CCC4=CC(=O)CC[C@]4(C)[C@H]3CC[C@@]21C. The highest BCUT2D eigenvalue weighted by Gasteiger charge is 2.67. The molecule has 4 heteroatoms. The Balaban J connectivity index is 1.45. The van der Waals surface area contributed by atoms with Gasteiger partial charge in [0.15, 0.2) is 17.9 Å². The standard InChI is InChI=1S/C26H38O4/c1-17(27)26(30-23-6-4-5-15-29-23)14-11-22-20-8-7-18-16-19(28)9-12-24(18,2)21(20)10-13-25(22,26)3/h16,20-23H,4-15H2,1-3H3/t20-,21+,22+,23?,24+,25+,26+/m1/s1. The van der Waals surface area contributed by atoms with Gasteiger partial charge in [-0.25, -0.2) is 0 Å². The third kappa shape index (κ3) is 2.85. The summed E-state index contributed by atoms with van der Waals surface area (Å²) in [6, 6.07) is 0. The molecular formula is C26H38O4. The minimum absolute atomic E-state index is 0.108. The van der Waals surface area contributed by atoms with Crippen LogP contribution >= 0.6 is 0 Å². The van der Waals surface area contributed by atoms with Gasteiger partial charge in [0.25, 0.3) is 0 Å². The zero-order chi connectivity index (χ0) is 21.1. The fourth-order valence-corrected chi connectivity index (χ4v) is 8.44. The molecule has 1 unspecified atom stereocenters. The normalized spacial score (nSPS) is 48.4. The number of rotatable bonds is 3. The monoisotopic (exact) mass is 414 g/mol. The van der Waals surface area contributed by atoms with E-state index in [-0.39, 0.29) is 22.9 Å². The Morgan fingerprint density at radius 3 is 2.57 bits per heavy atom. The highest BCUT2D eigenvalue weighted by atomic mass is 16.7. The van der Waals surface area contributed by atoms with Crippen LogP contribution in [0.1, 0.15) is 91.4 Å². The lowest BCUT2D eigenvalue weighted by atomic mass is 9.46. The largest absolute Gasteiger partial charge is 0.353 e. The summed E-state index contributed by atoms with van der Waals surface area (Å²) in [4.78, 5) is 25.2. The molecule has 0 bridgehead atoms. The Morgan fingerprint density at radius 2 is 1.83 bits per heavy atom. The summed E-state index contributed by atoms with van der Waals surface area (Å²) in [6.07, 6.45) is 12.9. The van der Waals surface area contributed by atoms with Gasteiger partial charge in [0.05, 0.1) is 0 Å². The summed E-state index contributed by atoms with van der Waals surface area (Å²) in [5, 5.41) is 0. The summed E-state index contributed by atoms with van der Waals surface area (Å²) in [5.41, 5.74) is 0.784. The van der Waals surface area contributed by atoms with Crippen LogP contribution in [0.25, 0.3) is 0 Å². The summed E-state index contributed by atoms with van der Waals surface area (Å²) in [5.74, 6) is 2.32. The Hall–Kier alpha value is -1.00. The Morgan fingerprint density at radius 1 is 1.03 bits per heavy atom. The topological polar surface area (TPSA) is 52.6 Å². The molecule has 166 valence electrons. The van der Waals surface area contributed by atoms with Gasteiger partial charge in [0.1, 0.15) is 5.60 Å². The first-order chi connectivity index (χ1) is 14.3. The van der Waals surface area contributed by atoms with Crippen molar-refractivity contribution in [3.63, 3.8) is 0 Å². The number of ketones is 2. The van der Waals surface area contributed by atoms with E-state index in [1.807, 2.05) is 6.08 Å². The average molecular weight is 415 g/mol. The molecule has 0 N–H and O–H groups in total. The molecule has 0 aromatic carbocycles. The van der Waals surface area contributed by atoms with Crippen molar-refractivity contribution in [3.8, 4) is 0 Å². The first-order valence-electron chi connectivity index (χ1n) is 12.3. The lowest BCUT2D eigenvalue weighted by molar-refractivity contribution is -0.253. The van der Waals surface area contributed by atoms with E-state index >= 15 is 0 Å². The number of ether oxygens (including phenoxy) is 2. The third-order valence-electron chi connectivity index (χ3n) is 10.1. The molecule has 5 rings (SSSR count). The minimum Gasteiger partial charge on any atom is -0.353 e. The quantitative estimate of drug-likeness (QED) is 0.621. The Labute approximate surface area is 181 Å². The highest BCUT2D eigenvalue weighted by molar-refractivity contribution is 5.91. The van der Waals surface area contributed by atoms with E-state index in [9.17, 15) is 9.59 Å². The third-order valence-corrected chi connectivity index (χ3v) is 10.1. The number of Topliss-reactive ketones (excluding diaryl/α,β-unsaturated/α-hetero) is 1. The van der Waals surface area contributed by atoms with Crippen LogP contribution in [-0.2, 0) is 19.1 Å². The van der Waals surface area contributed by atoms with Crippen molar-refractivity contribution in [2.75, 3.05) is 6.61 Å². The van der Waals surface area contributed by atoms with E-state index in [4.69, 9.17) is 9.47 Å². The molecular weight excluding hydrogens is 376 g/mol. The Kier molecular flexibility index (Phi) is 5.06. The lowest BCUT2D eigenvalue weighted by Gasteiger charge is -2.59. The van der Waals surface area contributed by atoms with Crippen LogP contribution < -0.4 is 0 Å². The second kappa shape index (κ2) is 7.27. The summed E-state index contributed by atoms with van der Waals surface area (Å²) < 4.78 is 12.6. The molecule has 0 aromatic heterocycles. The van der Waals surface area contributed by atoms with Crippen molar-refractivity contribution in [1.29, 1.82) is 0 Å². The first-order valence-corrected chi connectivity index (χ1v) is 12.3. The Bertz CT molecular complexity index is 765. The molecule has 0 amide bonds. The van der Waals surface area contributed by atoms with Gasteiger partial charge in [0, 0.05) is 18.4 Å². The molecule has 0 aromatic rings. The van der Waals surface area contributed by atoms with Gasteiger partial charge < -0.3 is 9.47 Å². The molecule has 1 saturated heterocycles. The van der Waals surface area contributed by atoms with Gasteiger partial charge >= 0.3 is 0 Å². The van der Waals surface area contributed by atoms with Crippen LogP contribution in [0.15, 0.2) is 11.6 Å². The van der Waals surface area contributed by atoms with Crippen LogP contribution in [0, 0.1) is 28.6 Å². The zero-order valence-electron chi connectivity index (χ0n) is 19.0. The molecule has 4 nitrogen and oxygen atoms in total. The number of allylic oxidation sites excluding steroid dienone is 1. The molecule has 5 aliphatic rings. The highest BCUT2D eigenvalue weighted by Crippen LogP contribution is 2.68. The fraction of sp³-hybridized carbons (Fsp3) is 0.846. The molecule has 7 atom stereocenters. The van der Waals surface area contributed by atoms with Crippen molar-refractivity contribution in [3.05, 3.63) is 11.6 Å². The van der Waals surface area contributed by atoms with E-state index in [2.05, 4.69) is 13.8 Å². The maximum absolute atomic E-state index is 13.2. The maximum atomic E-state index is 13.2. The van der Waals surface area contributed by atoms with E-state index in [1.165, 1.54) is 5.57 Å². The van der Waals surface area contributed by atoms with Gasteiger partial charge in [0.2, 0.25) is 0 Å². The summed E-state index contributed by atoms with van der Waals surface area (Å²) in [7, 11) is 0. The van der Waals surface area contributed by atoms with Gasteiger partial charge in [-0.3, -0.25) is 9.59 Å². The van der Waals surface area contributed by atoms with Crippen molar-refractivity contribution in [2.45, 2.75) is 103 Å². The van der Waals surface area contributed by atoms with E-state index < -0.39 is 5.60 Å². The van der Waals surface area contributed by atoms with E-state index in [0.29, 0.717) is 30.0 Å². The second-order valence-electron chi connectivity index (χ2n) is 11.3. The first kappa shape index (κ1) is 20.9. The number of hydrogen-bond acceptors (Lipinski definition) is 4. The van der Waals surface area contributed by atoms with E-state index in [1.54, 1.807) is 6.92 Å². The zero-order valence-corrected chi connectivity index (χ0v) is 19.0. The van der Waals surface area contributed by atoms with Crippen molar-refractivity contribution in [1.82, 2.24) is 0 Å². The number of fused-ring (bicyclic) bond motifs is 5. The molecule has 30 heavy (non-hydrogen) atoms. The maximum Gasteiger partial charge on any atom is 0.162 e. The second-order valence-corrected chi connectivity index (χ2v) is 11.3. The summed E-state index contributed by atoms with van der Waals surface area (Å²) in [6.45, 7) is 7.27. The molecule has 0 spiro atoms.